The fourth-order valence-corrected chi connectivity index (χ4v) is 2.07. The summed E-state index contributed by atoms with van der Waals surface area (Å²) in [5.74, 6) is -0.0598. The maximum atomic E-state index is 13.3. The van der Waals surface area contributed by atoms with E-state index >= 15 is 0 Å². The first-order chi connectivity index (χ1) is 10.1. The number of hydrogen-bond acceptors (Lipinski definition) is 3. The fraction of sp³-hybridized carbons (Fsp3) is 0.294. The Kier molecular flexibility index (Phi) is 5.17. The van der Waals surface area contributed by atoms with Crippen molar-refractivity contribution >= 4 is 0 Å². The highest BCUT2D eigenvalue weighted by molar-refractivity contribution is 5.30. The van der Waals surface area contributed by atoms with Gasteiger partial charge in [0.05, 0.1) is 6.61 Å². The number of phenolic OH excluding ortho intramolecular Hbond substituents is 1. The first-order valence-corrected chi connectivity index (χ1v) is 7.03. The molecule has 0 aliphatic rings. The first kappa shape index (κ1) is 15.3. The number of nitrogens with one attached hydrogen (secondary N) is 1. The molecule has 21 heavy (non-hydrogen) atoms. The van der Waals surface area contributed by atoms with Gasteiger partial charge in [0.2, 0.25) is 0 Å². The second kappa shape index (κ2) is 7.09. The molecule has 0 heterocycles. The lowest BCUT2D eigenvalue weighted by Crippen LogP contribution is -2.18. The molecular weight excluding hydrogens is 269 g/mol. The lowest BCUT2D eigenvalue weighted by molar-refractivity contribution is 0.340. The molecule has 2 rings (SSSR count). The molecule has 2 aromatic carbocycles. The SMILES string of the molecule is CCOc1ccc(C(C)NCc2ccc(O)c(F)c2)cc1. The molecule has 0 bridgehead atoms. The molecule has 0 fully saturated rings. The minimum Gasteiger partial charge on any atom is -0.505 e. The van der Waals surface area contributed by atoms with Crippen molar-refractivity contribution in [1.29, 1.82) is 0 Å². The van der Waals surface area contributed by atoms with E-state index in [1.54, 1.807) is 6.07 Å². The Morgan fingerprint density at radius 2 is 1.90 bits per heavy atom. The van der Waals surface area contributed by atoms with Crippen LogP contribution in [0, 0.1) is 5.82 Å². The number of benzene rings is 2. The Labute approximate surface area is 124 Å². The van der Waals surface area contributed by atoms with Crippen LogP contribution in [-0.2, 0) is 6.54 Å². The van der Waals surface area contributed by atoms with Gasteiger partial charge >= 0.3 is 0 Å². The second-order valence-corrected chi connectivity index (χ2v) is 4.89. The number of hydrogen-bond donors (Lipinski definition) is 2. The van der Waals surface area contributed by atoms with Crippen molar-refractivity contribution in [2.24, 2.45) is 0 Å². The van der Waals surface area contributed by atoms with Gasteiger partial charge in [-0.3, -0.25) is 0 Å². The molecule has 2 aromatic rings. The summed E-state index contributed by atoms with van der Waals surface area (Å²) in [5.41, 5.74) is 1.93. The largest absolute Gasteiger partial charge is 0.505 e. The molecule has 0 spiro atoms. The van der Waals surface area contributed by atoms with Crippen molar-refractivity contribution in [3.05, 3.63) is 59.4 Å². The number of rotatable bonds is 6. The summed E-state index contributed by atoms with van der Waals surface area (Å²) in [4.78, 5) is 0. The molecule has 1 unspecified atom stereocenters. The lowest BCUT2D eigenvalue weighted by Gasteiger charge is -2.15. The molecule has 1 atom stereocenters. The van der Waals surface area contributed by atoms with Crippen molar-refractivity contribution in [2.45, 2.75) is 26.4 Å². The van der Waals surface area contributed by atoms with Crippen LogP contribution in [0.25, 0.3) is 0 Å². The standard InChI is InChI=1S/C17H20FNO2/c1-3-21-15-7-5-14(6-8-15)12(2)19-11-13-4-9-17(20)16(18)10-13/h4-10,12,19-20H,3,11H2,1-2H3. The van der Waals surface area contributed by atoms with Crippen molar-refractivity contribution in [1.82, 2.24) is 5.32 Å². The van der Waals surface area contributed by atoms with E-state index in [9.17, 15) is 4.39 Å². The van der Waals surface area contributed by atoms with E-state index in [0.29, 0.717) is 13.2 Å². The van der Waals surface area contributed by atoms with E-state index < -0.39 is 5.82 Å². The molecule has 2 N–H and O–H groups in total. The zero-order chi connectivity index (χ0) is 15.2. The summed E-state index contributed by atoms with van der Waals surface area (Å²) in [6.07, 6.45) is 0. The number of aromatic hydroxyl groups is 1. The Morgan fingerprint density at radius 3 is 2.52 bits per heavy atom. The first-order valence-electron chi connectivity index (χ1n) is 7.03. The van der Waals surface area contributed by atoms with E-state index in [2.05, 4.69) is 5.32 Å². The highest BCUT2D eigenvalue weighted by Crippen LogP contribution is 2.19. The third-order valence-corrected chi connectivity index (χ3v) is 3.32. The molecule has 0 aliphatic heterocycles. The van der Waals surface area contributed by atoms with E-state index in [1.165, 1.54) is 12.1 Å². The van der Waals surface area contributed by atoms with Gasteiger partial charge in [-0.2, -0.15) is 0 Å². The van der Waals surface area contributed by atoms with Gasteiger partial charge in [0.15, 0.2) is 11.6 Å². The van der Waals surface area contributed by atoms with Gasteiger partial charge in [-0.15, -0.1) is 0 Å². The minimum atomic E-state index is -0.594. The molecule has 0 aromatic heterocycles. The molecule has 0 saturated carbocycles. The predicted molar refractivity (Wildman–Crippen MR) is 80.9 cm³/mol. The summed E-state index contributed by atoms with van der Waals surface area (Å²) in [6.45, 7) is 5.19. The average molecular weight is 289 g/mol. The normalized spacial score (nSPS) is 12.1. The summed E-state index contributed by atoms with van der Waals surface area (Å²) < 4.78 is 18.7. The van der Waals surface area contributed by atoms with Gasteiger partial charge in [0.25, 0.3) is 0 Å². The Balaban J connectivity index is 1.94. The monoisotopic (exact) mass is 289 g/mol. The van der Waals surface area contributed by atoms with Crippen LogP contribution in [0.15, 0.2) is 42.5 Å². The van der Waals surface area contributed by atoms with Gasteiger partial charge in [-0.1, -0.05) is 18.2 Å². The van der Waals surface area contributed by atoms with E-state index in [-0.39, 0.29) is 11.8 Å². The van der Waals surface area contributed by atoms with E-state index in [1.807, 2.05) is 38.1 Å². The zero-order valence-corrected chi connectivity index (χ0v) is 12.3. The van der Waals surface area contributed by atoms with Gasteiger partial charge in [-0.05, 0) is 49.2 Å². The van der Waals surface area contributed by atoms with Crippen LogP contribution in [0.2, 0.25) is 0 Å². The van der Waals surface area contributed by atoms with Crippen LogP contribution in [0.5, 0.6) is 11.5 Å². The number of phenols is 1. The summed E-state index contributed by atoms with van der Waals surface area (Å²) >= 11 is 0. The minimum absolute atomic E-state index is 0.137. The Bertz CT molecular complexity index is 584. The third kappa shape index (κ3) is 4.20. The Hall–Kier alpha value is -2.07. The summed E-state index contributed by atoms with van der Waals surface area (Å²) in [7, 11) is 0. The molecule has 4 heteroatoms. The van der Waals surface area contributed by atoms with Gasteiger partial charge in [0, 0.05) is 12.6 Å². The smallest absolute Gasteiger partial charge is 0.165 e. The average Bonchev–Trinajstić information content (AvgIpc) is 2.49. The van der Waals surface area contributed by atoms with Crippen LogP contribution < -0.4 is 10.1 Å². The van der Waals surface area contributed by atoms with Crippen LogP contribution in [0.4, 0.5) is 4.39 Å². The summed E-state index contributed by atoms with van der Waals surface area (Å²) in [6, 6.07) is 12.5. The predicted octanol–water partition coefficient (Wildman–Crippen LogP) is 3.78. The van der Waals surface area contributed by atoms with Crippen LogP contribution in [-0.4, -0.2) is 11.7 Å². The highest BCUT2D eigenvalue weighted by atomic mass is 19.1. The maximum absolute atomic E-state index is 13.3. The molecule has 0 radical (unpaired) electrons. The molecule has 0 saturated heterocycles. The number of ether oxygens (including phenoxy) is 1. The van der Waals surface area contributed by atoms with Crippen molar-refractivity contribution in [3.63, 3.8) is 0 Å². The second-order valence-electron chi connectivity index (χ2n) is 4.89. The number of halogens is 1. The van der Waals surface area contributed by atoms with Crippen LogP contribution in [0.3, 0.4) is 0 Å². The Morgan fingerprint density at radius 1 is 1.19 bits per heavy atom. The van der Waals surface area contributed by atoms with Gasteiger partial charge < -0.3 is 15.2 Å². The molecular formula is C17H20FNO2. The van der Waals surface area contributed by atoms with Crippen molar-refractivity contribution in [3.8, 4) is 11.5 Å². The molecule has 3 nitrogen and oxygen atoms in total. The summed E-state index contributed by atoms with van der Waals surface area (Å²) in [5, 5.41) is 12.5. The zero-order valence-electron chi connectivity index (χ0n) is 12.3. The van der Waals surface area contributed by atoms with Gasteiger partial charge in [-0.25, -0.2) is 4.39 Å². The van der Waals surface area contributed by atoms with Crippen molar-refractivity contribution < 1.29 is 14.2 Å². The highest BCUT2D eigenvalue weighted by Gasteiger charge is 2.07. The van der Waals surface area contributed by atoms with E-state index in [4.69, 9.17) is 9.84 Å². The topological polar surface area (TPSA) is 41.5 Å². The van der Waals surface area contributed by atoms with Crippen molar-refractivity contribution in [2.75, 3.05) is 6.61 Å². The molecule has 0 amide bonds. The van der Waals surface area contributed by atoms with E-state index in [0.717, 1.165) is 16.9 Å². The fourth-order valence-electron chi connectivity index (χ4n) is 2.07. The maximum Gasteiger partial charge on any atom is 0.165 e. The van der Waals surface area contributed by atoms with Crippen LogP contribution in [0.1, 0.15) is 31.0 Å². The van der Waals surface area contributed by atoms with Gasteiger partial charge in [0.1, 0.15) is 5.75 Å². The molecule has 112 valence electrons. The lowest BCUT2D eigenvalue weighted by atomic mass is 10.1. The van der Waals surface area contributed by atoms with Crippen LogP contribution >= 0.6 is 0 Å². The molecule has 0 aliphatic carbocycles. The third-order valence-electron chi connectivity index (χ3n) is 3.32. The quantitative estimate of drug-likeness (QED) is 0.850.